The van der Waals surface area contributed by atoms with Gasteiger partial charge >= 0.3 is 0 Å². The van der Waals surface area contributed by atoms with E-state index < -0.39 is 0 Å². The number of hydrogen-bond donors (Lipinski definition) is 0. The van der Waals surface area contributed by atoms with E-state index in [4.69, 9.17) is 4.74 Å². The van der Waals surface area contributed by atoms with Crippen LogP contribution in [0.4, 0.5) is 5.69 Å². The zero-order valence-corrected chi connectivity index (χ0v) is 11.1. The topological polar surface area (TPSA) is 42.4 Å². The van der Waals surface area contributed by atoms with Crippen molar-refractivity contribution >= 4 is 11.6 Å². The van der Waals surface area contributed by atoms with Crippen molar-refractivity contribution in [2.45, 2.75) is 12.5 Å². The summed E-state index contributed by atoms with van der Waals surface area (Å²) in [4.78, 5) is 18.7. The lowest BCUT2D eigenvalue weighted by Crippen LogP contribution is -2.41. The van der Waals surface area contributed by atoms with Crippen LogP contribution in [0.25, 0.3) is 0 Å². The summed E-state index contributed by atoms with van der Waals surface area (Å²) in [5.74, 6) is -0.0766. The van der Waals surface area contributed by atoms with E-state index in [0.29, 0.717) is 18.9 Å². The molecule has 1 aromatic carbocycles. The Bertz CT molecular complexity index is 566. The first-order valence-electron chi connectivity index (χ1n) is 6.73. The summed E-state index contributed by atoms with van der Waals surface area (Å²) in [6, 6.07) is 15.2. The van der Waals surface area contributed by atoms with E-state index in [-0.39, 0.29) is 11.9 Å². The van der Waals surface area contributed by atoms with Gasteiger partial charge in [0.2, 0.25) is 0 Å². The first kappa shape index (κ1) is 12.8. The Morgan fingerprint density at radius 2 is 1.95 bits per heavy atom. The van der Waals surface area contributed by atoms with Gasteiger partial charge in [0.25, 0.3) is 5.91 Å². The van der Waals surface area contributed by atoms with Gasteiger partial charge in [-0.3, -0.25) is 9.78 Å². The second kappa shape index (κ2) is 5.84. The van der Waals surface area contributed by atoms with Crippen LogP contribution in [-0.4, -0.2) is 30.1 Å². The monoisotopic (exact) mass is 268 g/mol. The number of benzene rings is 1. The van der Waals surface area contributed by atoms with Gasteiger partial charge in [-0.1, -0.05) is 24.3 Å². The number of nitrogens with zero attached hydrogens (tertiary/aromatic N) is 2. The van der Waals surface area contributed by atoms with Crippen LogP contribution in [-0.2, 0) is 4.74 Å². The van der Waals surface area contributed by atoms with Crippen LogP contribution in [0.2, 0.25) is 0 Å². The van der Waals surface area contributed by atoms with Crippen molar-refractivity contribution in [3.63, 3.8) is 0 Å². The first-order chi connectivity index (χ1) is 9.86. The molecule has 0 spiro atoms. The van der Waals surface area contributed by atoms with Gasteiger partial charge in [-0.2, -0.15) is 0 Å². The summed E-state index contributed by atoms with van der Waals surface area (Å²) < 4.78 is 5.43. The SMILES string of the molecule is O=C(c1ccccn1)N(c1ccccc1)[C@@H]1CCOC1. The third-order valence-corrected chi connectivity index (χ3v) is 3.41. The molecule has 102 valence electrons. The fourth-order valence-corrected chi connectivity index (χ4v) is 2.42. The molecule has 1 atom stereocenters. The van der Waals surface area contributed by atoms with Crippen molar-refractivity contribution in [3.05, 3.63) is 60.4 Å². The number of anilines is 1. The molecule has 0 saturated carbocycles. The zero-order chi connectivity index (χ0) is 13.8. The molecule has 0 unspecified atom stereocenters. The van der Waals surface area contributed by atoms with Crippen molar-refractivity contribution in [2.75, 3.05) is 18.1 Å². The van der Waals surface area contributed by atoms with E-state index in [1.165, 1.54) is 0 Å². The molecule has 1 fully saturated rings. The van der Waals surface area contributed by atoms with E-state index in [1.807, 2.05) is 42.5 Å². The third kappa shape index (κ3) is 2.56. The Hall–Kier alpha value is -2.20. The maximum atomic E-state index is 12.7. The van der Waals surface area contributed by atoms with Gasteiger partial charge in [-0.05, 0) is 30.7 Å². The van der Waals surface area contributed by atoms with Gasteiger partial charge in [0.05, 0.1) is 12.6 Å². The van der Waals surface area contributed by atoms with E-state index in [1.54, 1.807) is 17.2 Å². The molecule has 1 aliphatic heterocycles. The molecule has 1 saturated heterocycles. The molecule has 4 heteroatoms. The molecule has 1 amide bonds. The number of carbonyl (C=O) groups is 1. The fourth-order valence-electron chi connectivity index (χ4n) is 2.42. The van der Waals surface area contributed by atoms with Gasteiger partial charge in [-0.25, -0.2) is 0 Å². The lowest BCUT2D eigenvalue weighted by Gasteiger charge is -2.27. The Morgan fingerprint density at radius 3 is 2.60 bits per heavy atom. The Morgan fingerprint density at radius 1 is 1.15 bits per heavy atom. The lowest BCUT2D eigenvalue weighted by atomic mass is 10.1. The van der Waals surface area contributed by atoms with Crippen molar-refractivity contribution in [1.29, 1.82) is 0 Å². The molecule has 0 aliphatic carbocycles. The van der Waals surface area contributed by atoms with Crippen LogP contribution in [0, 0.1) is 0 Å². The largest absolute Gasteiger partial charge is 0.379 e. The molecule has 1 aromatic heterocycles. The van der Waals surface area contributed by atoms with E-state index in [0.717, 1.165) is 12.1 Å². The van der Waals surface area contributed by atoms with E-state index >= 15 is 0 Å². The minimum atomic E-state index is -0.0766. The van der Waals surface area contributed by atoms with Gasteiger partial charge in [-0.15, -0.1) is 0 Å². The first-order valence-corrected chi connectivity index (χ1v) is 6.73. The Balaban J connectivity index is 1.95. The number of carbonyl (C=O) groups excluding carboxylic acids is 1. The quantitative estimate of drug-likeness (QED) is 0.859. The number of amides is 1. The van der Waals surface area contributed by atoms with E-state index in [2.05, 4.69) is 4.98 Å². The standard InChI is InChI=1S/C16H16N2O2/c19-16(15-8-4-5-10-17-15)18(14-9-11-20-12-14)13-6-2-1-3-7-13/h1-8,10,14H,9,11-12H2/t14-/m1/s1. The van der Waals surface area contributed by atoms with Crippen molar-refractivity contribution < 1.29 is 9.53 Å². The molecule has 4 nitrogen and oxygen atoms in total. The highest BCUT2D eigenvalue weighted by Gasteiger charge is 2.29. The number of ether oxygens (including phenoxy) is 1. The van der Waals surface area contributed by atoms with Crippen molar-refractivity contribution in [2.24, 2.45) is 0 Å². The summed E-state index contributed by atoms with van der Waals surface area (Å²) in [6.07, 6.45) is 2.50. The average Bonchev–Trinajstić information content (AvgIpc) is 3.03. The summed E-state index contributed by atoms with van der Waals surface area (Å²) in [7, 11) is 0. The number of para-hydroxylation sites is 1. The molecular formula is C16H16N2O2. The number of hydrogen-bond acceptors (Lipinski definition) is 3. The van der Waals surface area contributed by atoms with Gasteiger partial charge in [0.1, 0.15) is 5.69 Å². The second-order valence-corrected chi connectivity index (χ2v) is 4.74. The molecule has 2 aromatic rings. The molecular weight excluding hydrogens is 252 g/mol. The van der Waals surface area contributed by atoms with Crippen molar-refractivity contribution in [1.82, 2.24) is 4.98 Å². The fraction of sp³-hybridized carbons (Fsp3) is 0.250. The number of rotatable bonds is 3. The Labute approximate surface area is 118 Å². The van der Waals surface area contributed by atoms with Crippen LogP contribution in [0.1, 0.15) is 16.9 Å². The maximum Gasteiger partial charge on any atom is 0.277 e. The summed E-state index contributed by atoms with van der Waals surface area (Å²) in [5, 5.41) is 0. The zero-order valence-electron chi connectivity index (χ0n) is 11.1. The summed E-state index contributed by atoms with van der Waals surface area (Å²) in [5.41, 5.74) is 1.35. The predicted octanol–water partition coefficient (Wildman–Crippen LogP) is 2.52. The van der Waals surface area contributed by atoms with Crippen LogP contribution >= 0.6 is 0 Å². The van der Waals surface area contributed by atoms with Gasteiger partial charge in [0, 0.05) is 18.5 Å². The normalized spacial score (nSPS) is 17.9. The Kier molecular flexibility index (Phi) is 3.74. The van der Waals surface area contributed by atoms with Crippen LogP contribution in [0.3, 0.4) is 0 Å². The highest BCUT2D eigenvalue weighted by molar-refractivity contribution is 6.05. The van der Waals surface area contributed by atoms with Crippen LogP contribution in [0.5, 0.6) is 0 Å². The minimum Gasteiger partial charge on any atom is -0.379 e. The third-order valence-electron chi connectivity index (χ3n) is 3.41. The summed E-state index contributed by atoms with van der Waals surface area (Å²) >= 11 is 0. The lowest BCUT2D eigenvalue weighted by molar-refractivity contribution is 0.0967. The smallest absolute Gasteiger partial charge is 0.277 e. The van der Waals surface area contributed by atoms with Gasteiger partial charge < -0.3 is 9.64 Å². The second-order valence-electron chi connectivity index (χ2n) is 4.74. The molecule has 0 bridgehead atoms. The highest BCUT2D eigenvalue weighted by atomic mass is 16.5. The summed E-state index contributed by atoms with van der Waals surface area (Å²) in [6.45, 7) is 1.27. The van der Waals surface area contributed by atoms with E-state index in [9.17, 15) is 4.79 Å². The van der Waals surface area contributed by atoms with Gasteiger partial charge in [0.15, 0.2) is 0 Å². The predicted molar refractivity (Wildman–Crippen MR) is 76.7 cm³/mol. The highest BCUT2D eigenvalue weighted by Crippen LogP contribution is 2.23. The minimum absolute atomic E-state index is 0.0758. The number of pyridine rings is 1. The number of aromatic nitrogens is 1. The molecule has 0 radical (unpaired) electrons. The van der Waals surface area contributed by atoms with Crippen LogP contribution < -0.4 is 4.90 Å². The van der Waals surface area contributed by atoms with Crippen molar-refractivity contribution in [3.8, 4) is 0 Å². The molecule has 1 aliphatic rings. The van der Waals surface area contributed by atoms with Crippen LogP contribution in [0.15, 0.2) is 54.7 Å². The molecule has 0 N–H and O–H groups in total. The maximum absolute atomic E-state index is 12.7. The average molecular weight is 268 g/mol. The molecule has 20 heavy (non-hydrogen) atoms. The molecule has 3 rings (SSSR count). The molecule has 2 heterocycles.